The molecule has 1 amide bonds. The summed E-state index contributed by atoms with van der Waals surface area (Å²) in [6.07, 6.45) is 2.97. The van der Waals surface area contributed by atoms with Gasteiger partial charge in [-0.2, -0.15) is 5.10 Å². The molecule has 1 heterocycles. The van der Waals surface area contributed by atoms with Crippen LogP contribution in [0.5, 0.6) is 0 Å². The lowest BCUT2D eigenvalue weighted by atomic mass is 9.82. The van der Waals surface area contributed by atoms with Crippen molar-refractivity contribution >= 4 is 27.7 Å². The summed E-state index contributed by atoms with van der Waals surface area (Å²) in [5.74, 6) is 0.689. The van der Waals surface area contributed by atoms with Crippen LogP contribution < -0.4 is 5.32 Å². The number of hydrogen-bond donors (Lipinski definition) is 1. The molecule has 0 spiro atoms. The Morgan fingerprint density at radius 1 is 1.19 bits per heavy atom. The highest BCUT2D eigenvalue weighted by Crippen LogP contribution is 2.35. The number of fused-ring (bicyclic) bond motifs is 1. The van der Waals surface area contributed by atoms with Crippen molar-refractivity contribution in [2.24, 2.45) is 7.05 Å². The average Bonchev–Trinajstić information content (AvgIpc) is 2.95. The fourth-order valence-corrected chi connectivity index (χ4v) is 4.26. The van der Waals surface area contributed by atoms with Gasteiger partial charge in [-0.05, 0) is 55.0 Å². The number of anilines is 1. The molecule has 5 heteroatoms. The van der Waals surface area contributed by atoms with Crippen LogP contribution in [0.2, 0.25) is 0 Å². The Kier molecular flexibility index (Phi) is 4.87. The Bertz CT molecular complexity index is 991. The summed E-state index contributed by atoms with van der Waals surface area (Å²) in [7, 11) is 1.87. The van der Waals surface area contributed by atoms with Gasteiger partial charge in [-0.3, -0.25) is 9.48 Å². The number of nitrogens with zero attached hydrogens (tertiary/aromatic N) is 2. The Morgan fingerprint density at radius 3 is 2.70 bits per heavy atom. The highest BCUT2D eigenvalue weighted by molar-refractivity contribution is 9.10. The molecular formula is C22H22BrN3O. The number of benzene rings is 2. The van der Waals surface area contributed by atoms with Crippen LogP contribution in [0.1, 0.15) is 35.6 Å². The summed E-state index contributed by atoms with van der Waals surface area (Å²) in [5, 5.41) is 7.72. The van der Waals surface area contributed by atoms with Gasteiger partial charge in [0.05, 0.1) is 11.6 Å². The van der Waals surface area contributed by atoms with Crippen molar-refractivity contribution in [1.82, 2.24) is 9.78 Å². The lowest BCUT2D eigenvalue weighted by molar-refractivity contribution is -0.117. The minimum atomic E-state index is -0.108. The molecule has 4 nitrogen and oxygen atoms in total. The molecule has 3 aromatic rings. The maximum atomic E-state index is 13.2. The number of nitrogens with one attached hydrogen (secondary N) is 1. The molecule has 0 bridgehead atoms. The third-order valence-corrected chi connectivity index (χ3v) is 5.81. The van der Waals surface area contributed by atoms with E-state index in [4.69, 9.17) is 0 Å². The second kappa shape index (κ2) is 7.31. The third-order valence-electron chi connectivity index (χ3n) is 5.28. The SMILES string of the molecule is Cc1nn(C)c(NC(=O)C2CCCc3ccccc32)c1-c1ccc(Br)cc1. The van der Waals surface area contributed by atoms with Crippen molar-refractivity contribution in [3.63, 3.8) is 0 Å². The van der Waals surface area contributed by atoms with E-state index in [1.54, 1.807) is 4.68 Å². The predicted molar refractivity (Wildman–Crippen MR) is 112 cm³/mol. The van der Waals surface area contributed by atoms with E-state index in [0.29, 0.717) is 0 Å². The van der Waals surface area contributed by atoms with Gasteiger partial charge in [-0.15, -0.1) is 0 Å². The van der Waals surface area contributed by atoms with E-state index >= 15 is 0 Å². The van der Waals surface area contributed by atoms with E-state index in [2.05, 4.69) is 44.5 Å². The van der Waals surface area contributed by atoms with E-state index in [1.165, 1.54) is 5.56 Å². The lowest BCUT2D eigenvalue weighted by Gasteiger charge is -2.24. The molecule has 1 aromatic heterocycles. The molecule has 4 rings (SSSR count). The van der Waals surface area contributed by atoms with E-state index in [0.717, 1.165) is 51.9 Å². The summed E-state index contributed by atoms with van der Waals surface area (Å²) in [6, 6.07) is 16.4. The van der Waals surface area contributed by atoms with Gasteiger partial charge in [0.25, 0.3) is 0 Å². The van der Waals surface area contributed by atoms with Crippen LogP contribution in [-0.4, -0.2) is 15.7 Å². The average molecular weight is 424 g/mol. The summed E-state index contributed by atoms with van der Waals surface area (Å²) >= 11 is 3.48. The molecule has 138 valence electrons. The van der Waals surface area contributed by atoms with Crippen LogP contribution in [0.3, 0.4) is 0 Å². The number of amides is 1. The second-order valence-electron chi connectivity index (χ2n) is 7.07. The van der Waals surface area contributed by atoms with Crippen LogP contribution in [-0.2, 0) is 18.3 Å². The zero-order valence-electron chi connectivity index (χ0n) is 15.5. The van der Waals surface area contributed by atoms with Crippen molar-refractivity contribution in [3.8, 4) is 11.1 Å². The molecule has 1 aliphatic rings. The first-order chi connectivity index (χ1) is 13.0. The van der Waals surface area contributed by atoms with Crippen LogP contribution in [0.25, 0.3) is 11.1 Å². The van der Waals surface area contributed by atoms with E-state index in [1.807, 2.05) is 44.3 Å². The molecule has 1 unspecified atom stereocenters. The molecule has 0 aliphatic heterocycles. The monoisotopic (exact) mass is 423 g/mol. The lowest BCUT2D eigenvalue weighted by Crippen LogP contribution is -2.25. The van der Waals surface area contributed by atoms with Crippen LogP contribution in [0, 0.1) is 6.92 Å². The van der Waals surface area contributed by atoms with Crippen LogP contribution >= 0.6 is 15.9 Å². The van der Waals surface area contributed by atoms with Gasteiger partial charge in [-0.1, -0.05) is 52.3 Å². The van der Waals surface area contributed by atoms with Crippen molar-refractivity contribution in [3.05, 3.63) is 69.8 Å². The first-order valence-corrected chi connectivity index (χ1v) is 10.0. The quantitative estimate of drug-likeness (QED) is 0.627. The number of carbonyl (C=O) groups excluding carboxylic acids is 1. The van der Waals surface area contributed by atoms with Gasteiger partial charge in [-0.25, -0.2) is 0 Å². The first kappa shape index (κ1) is 18.0. The molecule has 0 saturated heterocycles. The molecule has 2 aromatic carbocycles. The topological polar surface area (TPSA) is 46.9 Å². The molecule has 0 fully saturated rings. The summed E-state index contributed by atoms with van der Waals surface area (Å²) < 4.78 is 2.79. The Balaban J connectivity index is 1.68. The minimum Gasteiger partial charge on any atom is -0.310 e. The number of aryl methyl sites for hydroxylation is 3. The summed E-state index contributed by atoms with van der Waals surface area (Å²) in [4.78, 5) is 13.2. The number of hydrogen-bond acceptors (Lipinski definition) is 2. The van der Waals surface area contributed by atoms with Crippen molar-refractivity contribution in [2.75, 3.05) is 5.32 Å². The highest BCUT2D eigenvalue weighted by Gasteiger charge is 2.28. The standard InChI is InChI=1S/C22H22BrN3O/c1-14-20(16-10-12-17(23)13-11-16)21(26(2)25-14)24-22(27)19-9-5-7-15-6-3-4-8-18(15)19/h3-4,6,8,10-13,19H,5,7,9H2,1-2H3,(H,24,27). The molecule has 27 heavy (non-hydrogen) atoms. The van der Waals surface area contributed by atoms with Gasteiger partial charge in [0.1, 0.15) is 5.82 Å². The zero-order valence-corrected chi connectivity index (χ0v) is 17.1. The predicted octanol–water partition coefficient (Wildman–Crippen LogP) is 5.22. The first-order valence-electron chi connectivity index (χ1n) is 9.23. The van der Waals surface area contributed by atoms with E-state index in [9.17, 15) is 4.79 Å². The molecule has 0 saturated carbocycles. The fourth-order valence-electron chi connectivity index (χ4n) is 3.99. The van der Waals surface area contributed by atoms with Crippen LogP contribution in [0.4, 0.5) is 5.82 Å². The number of rotatable bonds is 3. The second-order valence-corrected chi connectivity index (χ2v) is 7.99. The Labute approximate surface area is 167 Å². The smallest absolute Gasteiger partial charge is 0.233 e. The van der Waals surface area contributed by atoms with Gasteiger partial charge in [0.2, 0.25) is 5.91 Å². The summed E-state index contributed by atoms with van der Waals surface area (Å²) in [6.45, 7) is 1.98. The highest BCUT2D eigenvalue weighted by atomic mass is 79.9. The van der Waals surface area contributed by atoms with Gasteiger partial charge < -0.3 is 5.32 Å². The van der Waals surface area contributed by atoms with E-state index in [-0.39, 0.29) is 11.8 Å². The maximum Gasteiger partial charge on any atom is 0.233 e. The zero-order chi connectivity index (χ0) is 19.0. The van der Waals surface area contributed by atoms with Crippen LogP contribution in [0.15, 0.2) is 53.0 Å². The molecule has 1 atom stereocenters. The summed E-state index contributed by atoms with van der Waals surface area (Å²) in [5.41, 5.74) is 5.37. The van der Waals surface area contributed by atoms with Gasteiger partial charge in [0.15, 0.2) is 0 Å². The normalized spacial score (nSPS) is 16.0. The Hall–Kier alpha value is -2.40. The molecule has 0 radical (unpaired) electrons. The molecule has 1 aliphatic carbocycles. The van der Waals surface area contributed by atoms with Crippen molar-refractivity contribution in [2.45, 2.75) is 32.1 Å². The van der Waals surface area contributed by atoms with Crippen molar-refractivity contribution in [1.29, 1.82) is 0 Å². The fraction of sp³-hybridized carbons (Fsp3) is 0.273. The number of carbonyl (C=O) groups is 1. The Morgan fingerprint density at radius 2 is 1.93 bits per heavy atom. The maximum absolute atomic E-state index is 13.2. The van der Waals surface area contributed by atoms with Gasteiger partial charge >= 0.3 is 0 Å². The minimum absolute atomic E-state index is 0.0449. The van der Waals surface area contributed by atoms with Gasteiger partial charge in [0, 0.05) is 17.1 Å². The third kappa shape index (κ3) is 3.44. The van der Waals surface area contributed by atoms with E-state index < -0.39 is 0 Å². The number of aromatic nitrogens is 2. The largest absolute Gasteiger partial charge is 0.310 e. The molecule has 1 N–H and O–H groups in total. The van der Waals surface area contributed by atoms with Crippen molar-refractivity contribution < 1.29 is 4.79 Å². The number of halogens is 1. The molecular weight excluding hydrogens is 402 g/mol.